The fourth-order valence-corrected chi connectivity index (χ4v) is 1.81. The van der Waals surface area contributed by atoms with Crippen molar-refractivity contribution in [2.75, 3.05) is 0 Å². The van der Waals surface area contributed by atoms with Gasteiger partial charge in [-0.25, -0.2) is 0 Å². The largest absolute Gasteiger partial charge is 0.322 e. The van der Waals surface area contributed by atoms with Gasteiger partial charge in [-0.2, -0.15) is 0 Å². The zero-order valence-electron chi connectivity index (χ0n) is 8.58. The third kappa shape index (κ3) is 2.83. The van der Waals surface area contributed by atoms with Gasteiger partial charge in [0.2, 0.25) is 3.79 Å². The Labute approximate surface area is 113 Å². The van der Waals surface area contributed by atoms with Crippen LogP contribution in [-0.2, 0) is 3.79 Å². The second kappa shape index (κ2) is 4.73. The molecule has 0 aliphatic rings. The van der Waals surface area contributed by atoms with E-state index < -0.39 is 3.79 Å². The molecule has 0 saturated heterocycles. The molecule has 0 spiro atoms. The smallest absolute Gasteiger partial charge is 0.256 e. The lowest BCUT2D eigenvalue weighted by Gasteiger charge is -2.11. The summed E-state index contributed by atoms with van der Waals surface area (Å²) in [6.07, 6.45) is 0. The summed E-state index contributed by atoms with van der Waals surface area (Å²) >= 11 is 17.1. The summed E-state index contributed by atoms with van der Waals surface area (Å²) in [6, 6.07) is 12.5. The van der Waals surface area contributed by atoms with Gasteiger partial charge in [-0.15, -0.1) is 0 Å². The Balaban J connectivity index is 2.51. The van der Waals surface area contributed by atoms with Crippen LogP contribution in [0.4, 0.5) is 0 Å². The molecule has 88 valence electrons. The third-order valence-corrected chi connectivity index (χ3v) is 2.91. The van der Waals surface area contributed by atoms with Crippen LogP contribution < -0.4 is 5.56 Å². The maximum atomic E-state index is 11.9. The van der Waals surface area contributed by atoms with Crippen LogP contribution in [0.5, 0.6) is 0 Å². The summed E-state index contributed by atoms with van der Waals surface area (Å²) in [6.45, 7) is 0. The number of benzene rings is 1. The van der Waals surface area contributed by atoms with Crippen LogP contribution in [0.15, 0.2) is 47.3 Å². The molecule has 1 aromatic heterocycles. The molecule has 0 atom stereocenters. The number of halogens is 3. The molecule has 0 bridgehead atoms. The van der Waals surface area contributed by atoms with E-state index in [0.717, 1.165) is 5.56 Å². The predicted octanol–water partition coefficient (Wildman–Crippen LogP) is 3.87. The molecule has 2 rings (SSSR count). The molecule has 0 fully saturated rings. The number of pyridine rings is 1. The third-order valence-electron chi connectivity index (χ3n) is 2.30. The summed E-state index contributed by atoms with van der Waals surface area (Å²) in [5.74, 6) is 0. The maximum absolute atomic E-state index is 11.9. The number of alkyl halides is 3. The Morgan fingerprint density at radius 3 is 2.12 bits per heavy atom. The Morgan fingerprint density at radius 1 is 0.941 bits per heavy atom. The topological polar surface area (TPSA) is 32.9 Å². The Morgan fingerprint density at radius 2 is 1.59 bits per heavy atom. The zero-order chi connectivity index (χ0) is 12.5. The van der Waals surface area contributed by atoms with Crippen molar-refractivity contribution in [3.63, 3.8) is 0 Å². The number of H-pyrrole nitrogens is 1. The molecule has 1 heterocycles. The van der Waals surface area contributed by atoms with Crippen molar-refractivity contribution in [3.05, 3.63) is 58.5 Å². The van der Waals surface area contributed by atoms with Gasteiger partial charge in [0.05, 0.1) is 5.69 Å². The average molecular weight is 289 g/mol. The Kier molecular flexibility index (Phi) is 3.48. The summed E-state index contributed by atoms with van der Waals surface area (Å²) in [7, 11) is 0. The van der Waals surface area contributed by atoms with Crippen molar-refractivity contribution in [1.29, 1.82) is 0 Å². The van der Waals surface area contributed by atoms with Crippen molar-refractivity contribution < 1.29 is 0 Å². The van der Waals surface area contributed by atoms with Crippen molar-refractivity contribution in [2.24, 2.45) is 0 Å². The average Bonchev–Trinajstić information content (AvgIpc) is 2.29. The molecule has 2 nitrogen and oxygen atoms in total. The van der Waals surface area contributed by atoms with Crippen molar-refractivity contribution in [1.82, 2.24) is 4.98 Å². The van der Waals surface area contributed by atoms with E-state index >= 15 is 0 Å². The molecule has 0 aliphatic heterocycles. The molecular formula is C12H8Cl3NO. The highest BCUT2D eigenvalue weighted by atomic mass is 35.6. The molecule has 0 unspecified atom stereocenters. The van der Waals surface area contributed by atoms with E-state index in [1.165, 1.54) is 0 Å². The van der Waals surface area contributed by atoms with Gasteiger partial charge in [-0.05, 0) is 17.7 Å². The van der Waals surface area contributed by atoms with Crippen LogP contribution in [0, 0.1) is 0 Å². The number of aromatic amines is 1. The standard InChI is InChI=1S/C12H8Cl3NO/c13-12(14,15)10-7-6-9(11(17)16-10)8-4-2-1-3-5-8/h1-7H,(H,16,17). The SMILES string of the molecule is O=c1[nH]c(C(Cl)(Cl)Cl)ccc1-c1ccccc1. The van der Waals surface area contributed by atoms with Crippen LogP contribution in [0.2, 0.25) is 0 Å². The van der Waals surface area contributed by atoms with Crippen molar-refractivity contribution in [3.8, 4) is 11.1 Å². The lowest BCUT2D eigenvalue weighted by molar-refractivity contribution is 1.05. The molecule has 1 aromatic carbocycles. The molecule has 17 heavy (non-hydrogen) atoms. The summed E-state index contributed by atoms with van der Waals surface area (Å²) in [5.41, 5.74) is 1.35. The minimum absolute atomic E-state index is 0.257. The highest BCUT2D eigenvalue weighted by Gasteiger charge is 2.24. The summed E-state index contributed by atoms with van der Waals surface area (Å²) in [4.78, 5) is 14.4. The van der Waals surface area contributed by atoms with Crippen molar-refractivity contribution in [2.45, 2.75) is 3.79 Å². The number of rotatable bonds is 1. The highest BCUT2D eigenvalue weighted by Crippen LogP contribution is 2.36. The second-order valence-corrected chi connectivity index (χ2v) is 5.76. The molecule has 2 aromatic rings. The van der Waals surface area contributed by atoms with Crippen molar-refractivity contribution >= 4 is 34.8 Å². The van der Waals surface area contributed by atoms with Gasteiger partial charge in [-0.3, -0.25) is 4.79 Å². The van der Waals surface area contributed by atoms with Gasteiger partial charge in [0.25, 0.3) is 5.56 Å². The Hall–Kier alpha value is -0.960. The first-order valence-electron chi connectivity index (χ1n) is 4.84. The van der Waals surface area contributed by atoms with E-state index in [1.54, 1.807) is 12.1 Å². The van der Waals surface area contributed by atoms with Gasteiger partial charge in [0.15, 0.2) is 0 Å². The first-order chi connectivity index (χ1) is 7.98. The number of hydrogen-bond donors (Lipinski definition) is 1. The van der Waals surface area contributed by atoms with Gasteiger partial charge >= 0.3 is 0 Å². The van der Waals surface area contributed by atoms with E-state index in [9.17, 15) is 4.79 Å². The lowest BCUT2D eigenvalue weighted by Crippen LogP contribution is -2.15. The second-order valence-electron chi connectivity index (χ2n) is 3.48. The first-order valence-corrected chi connectivity index (χ1v) is 5.98. The summed E-state index contributed by atoms with van der Waals surface area (Å²) in [5, 5.41) is 0. The molecular weight excluding hydrogens is 280 g/mol. The van der Waals surface area contributed by atoms with E-state index in [4.69, 9.17) is 34.8 Å². The molecule has 0 saturated carbocycles. The van der Waals surface area contributed by atoms with E-state index in [0.29, 0.717) is 5.56 Å². The number of aromatic nitrogens is 1. The van der Waals surface area contributed by atoms with Gasteiger partial charge in [-0.1, -0.05) is 65.1 Å². The molecule has 1 N–H and O–H groups in total. The Bertz CT molecular complexity index is 572. The van der Waals surface area contributed by atoms with Crippen LogP contribution in [0.25, 0.3) is 11.1 Å². The fraction of sp³-hybridized carbons (Fsp3) is 0.0833. The zero-order valence-corrected chi connectivity index (χ0v) is 10.9. The lowest BCUT2D eigenvalue weighted by atomic mass is 10.1. The van der Waals surface area contributed by atoms with Gasteiger partial charge in [0.1, 0.15) is 0 Å². The van der Waals surface area contributed by atoms with Crippen LogP contribution in [0.1, 0.15) is 5.69 Å². The number of nitrogens with one attached hydrogen (secondary N) is 1. The molecule has 0 aliphatic carbocycles. The highest BCUT2D eigenvalue weighted by molar-refractivity contribution is 6.66. The van der Waals surface area contributed by atoms with E-state index in [2.05, 4.69) is 4.98 Å². The predicted molar refractivity (Wildman–Crippen MR) is 71.7 cm³/mol. The van der Waals surface area contributed by atoms with E-state index in [-0.39, 0.29) is 11.3 Å². The van der Waals surface area contributed by atoms with E-state index in [1.807, 2.05) is 30.3 Å². The van der Waals surface area contributed by atoms with Crippen LogP contribution >= 0.6 is 34.8 Å². The fourth-order valence-electron chi connectivity index (χ4n) is 1.48. The molecule has 0 radical (unpaired) electrons. The quantitative estimate of drug-likeness (QED) is 0.794. The number of hydrogen-bond acceptors (Lipinski definition) is 1. The molecule has 5 heteroatoms. The normalized spacial score (nSPS) is 11.5. The minimum atomic E-state index is -1.62. The summed E-state index contributed by atoms with van der Waals surface area (Å²) < 4.78 is -1.62. The monoisotopic (exact) mass is 287 g/mol. The van der Waals surface area contributed by atoms with Crippen LogP contribution in [0.3, 0.4) is 0 Å². The first kappa shape index (κ1) is 12.5. The molecule has 0 amide bonds. The minimum Gasteiger partial charge on any atom is -0.322 e. The van der Waals surface area contributed by atoms with Gasteiger partial charge < -0.3 is 4.98 Å². The maximum Gasteiger partial charge on any atom is 0.256 e. The van der Waals surface area contributed by atoms with Crippen LogP contribution in [-0.4, -0.2) is 4.98 Å². The van der Waals surface area contributed by atoms with Gasteiger partial charge in [0, 0.05) is 5.56 Å².